The van der Waals surface area contributed by atoms with Crippen molar-refractivity contribution in [2.75, 3.05) is 0 Å². The molecule has 0 aliphatic heterocycles. The number of para-hydroxylation sites is 1. The summed E-state index contributed by atoms with van der Waals surface area (Å²) in [6, 6.07) is 6.72. The molecule has 0 aliphatic rings. The molecule has 0 bridgehead atoms. The van der Waals surface area contributed by atoms with Crippen LogP contribution in [0.5, 0.6) is 5.75 Å². The topological polar surface area (TPSA) is 50.1 Å². The third-order valence-electron chi connectivity index (χ3n) is 2.19. The summed E-state index contributed by atoms with van der Waals surface area (Å²) < 4.78 is 29.0. The van der Waals surface area contributed by atoms with Crippen LogP contribution < -0.4 is 4.74 Å². The summed E-state index contributed by atoms with van der Waals surface area (Å²) >= 11 is 0. The summed E-state index contributed by atoms with van der Waals surface area (Å²) in [5, 5.41) is 8.60. The molecule has 90 valence electrons. The lowest BCUT2D eigenvalue weighted by molar-refractivity contribution is -0.107. The van der Waals surface area contributed by atoms with E-state index in [0.29, 0.717) is 23.8 Å². The normalized spacial score (nSPS) is 10.0. The van der Waals surface area contributed by atoms with Crippen molar-refractivity contribution in [3.63, 3.8) is 0 Å². The Hall–Kier alpha value is -1.96. The second-order valence-electron chi connectivity index (χ2n) is 3.32. The number of aryl methyl sites for hydroxylation is 1. The van der Waals surface area contributed by atoms with Gasteiger partial charge < -0.3 is 9.53 Å². The van der Waals surface area contributed by atoms with Crippen LogP contribution in [0.3, 0.4) is 0 Å². The Kier molecular flexibility index (Phi) is 5.08. The van der Waals surface area contributed by atoms with Gasteiger partial charge in [0.1, 0.15) is 12.0 Å². The van der Waals surface area contributed by atoms with Gasteiger partial charge in [0.15, 0.2) is 0 Å². The van der Waals surface area contributed by atoms with Gasteiger partial charge in [-0.15, -0.1) is 0 Å². The first-order valence-electron chi connectivity index (χ1n) is 5.05. The van der Waals surface area contributed by atoms with Gasteiger partial charge >= 0.3 is 6.61 Å². The van der Waals surface area contributed by atoms with E-state index in [1.807, 2.05) is 6.07 Å². The first-order valence-corrected chi connectivity index (χ1v) is 5.05. The highest BCUT2D eigenvalue weighted by Crippen LogP contribution is 2.27. The van der Waals surface area contributed by atoms with Crippen molar-refractivity contribution in [2.45, 2.75) is 25.9 Å². The molecule has 0 aliphatic carbocycles. The fraction of sp³-hybridized carbons (Fsp3) is 0.333. The number of alkyl halides is 2. The standard InChI is InChI=1S/C12H11F2NO2/c13-12(14)17-11-9(5-2-8-16)3-1-4-10(11)6-7-15/h1,3-4,8,12H,2,5-6H2. The maximum atomic E-state index is 12.3. The number of hydrogen-bond donors (Lipinski definition) is 0. The second kappa shape index (κ2) is 6.59. The van der Waals surface area contributed by atoms with E-state index in [1.165, 1.54) is 0 Å². The zero-order chi connectivity index (χ0) is 12.7. The van der Waals surface area contributed by atoms with E-state index in [1.54, 1.807) is 18.2 Å². The molecule has 0 N–H and O–H groups in total. The minimum absolute atomic E-state index is 0.00299. The number of halogens is 2. The lowest BCUT2D eigenvalue weighted by Gasteiger charge is -2.13. The molecule has 0 heterocycles. The minimum atomic E-state index is -2.94. The molecule has 17 heavy (non-hydrogen) atoms. The van der Waals surface area contributed by atoms with Crippen molar-refractivity contribution in [3.8, 4) is 11.8 Å². The van der Waals surface area contributed by atoms with E-state index < -0.39 is 6.61 Å². The molecule has 0 radical (unpaired) electrons. The molecule has 0 aromatic heterocycles. The molecule has 3 nitrogen and oxygen atoms in total. The fourth-order valence-electron chi connectivity index (χ4n) is 1.51. The number of nitrogens with zero attached hydrogens (tertiary/aromatic N) is 1. The number of ether oxygens (including phenoxy) is 1. The Bertz CT molecular complexity index is 427. The summed E-state index contributed by atoms with van der Waals surface area (Å²) in [6.07, 6.45) is 1.26. The van der Waals surface area contributed by atoms with Crippen LogP contribution in [0, 0.1) is 11.3 Å². The predicted octanol–water partition coefficient (Wildman–Crippen LogP) is 2.49. The van der Waals surface area contributed by atoms with E-state index in [4.69, 9.17) is 5.26 Å². The molecule has 0 saturated carbocycles. The van der Waals surface area contributed by atoms with Crippen molar-refractivity contribution in [2.24, 2.45) is 0 Å². The lowest BCUT2D eigenvalue weighted by Crippen LogP contribution is -2.07. The Labute approximate surface area is 97.6 Å². The predicted molar refractivity (Wildman–Crippen MR) is 56.8 cm³/mol. The first-order chi connectivity index (χ1) is 8.19. The molecule has 0 atom stereocenters. The van der Waals surface area contributed by atoms with E-state index >= 15 is 0 Å². The first kappa shape index (κ1) is 13.1. The van der Waals surface area contributed by atoms with Crippen LogP contribution in [0.4, 0.5) is 8.78 Å². The number of carbonyl (C=O) groups is 1. The highest BCUT2D eigenvalue weighted by Gasteiger charge is 2.13. The maximum Gasteiger partial charge on any atom is 0.387 e. The largest absolute Gasteiger partial charge is 0.434 e. The third kappa shape index (κ3) is 3.83. The summed E-state index contributed by atoms with van der Waals surface area (Å²) in [7, 11) is 0. The van der Waals surface area contributed by atoms with Gasteiger partial charge in [0.05, 0.1) is 12.5 Å². The number of carbonyl (C=O) groups excluding carboxylic acids is 1. The lowest BCUT2D eigenvalue weighted by atomic mass is 10.0. The van der Waals surface area contributed by atoms with Crippen molar-refractivity contribution in [1.29, 1.82) is 5.26 Å². The van der Waals surface area contributed by atoms with Crippen molar-refractivity contribution >= 4 is 6.29 Å². The molecular formula is C12H11F2NO2. The van der Waals surface area contributed by atoms with Crippen LogP contribution >= 0.6 is 0 Å². The quantitative estimate of drug-likeness (QED) is 0.716. The average Bonchev–Trinajstić information content (AvgIpc) is 2.29. The van der Waals surface area contributed by atoms with Crippen molar-refractivity contribution in [3.05, 3.63) is 29.3 Å². The molecule has 0 saturated heterocycles. The van der Waals surface area contributed by atoms with Gasteiger partial charge in [-0.1, -0.05) is 18.2 Å². The van der Waals surface area contributed by atoms with Crippen LogP contribution in [0.15, 0.2) is 18.2 Å². The van der Waals surface area contributed by atoms with E-state index in [2.05, 4.69) is 4.74 Å². The fourth-order valence-corrected chi connectivity index (χ4v) is 1.51. The minimum Gasteiger partial charge on any atom is -0.434 e. The van der Waals surface area contributed by atoms with Crippen molar-refractivity contribution < 1.29 is 18.3 Å². The second-order valence-corrected chi connectivity index (χ2v) is 3.32. The van der Waals surface area contributed by atoms with Gasteiger partial charge in [-0.2, -0.15) is 14.0 Å². The maximum absolute atomic E-state index is 12.3. The molecule has 0 unspecified atom stereocenters. The molecule has 1 aromatic rings. The van der Waals surface area contributed by atoms with Crippen LogP contribution in [-0.2, 0) is 17.6 Å². The number of aldehydes is 1. The van der Waals surface area contributed by atoms with Gasteiger partial charge in [-0.25, -0.2) is 0 Å². The summed E-state index contributed by atoms with van der Waals surface area (Å²) in [6.45, 7) is -2.94. The molecule has 0 amide bonds. The molecule has 0 spiro atoms. The third-order valence-corrected chi connectivity index (χ3v) is 2.19. The van der Waals surface area contributed by atoms with Crippen LogP contribution in [0.1, 0.15) is 17.5 Å². The average molecular weight is 239 g/mol. The van der Waals surface area contributed by atoms with E-state index in [-0.39, 0.29) is 18.6 Å². The Morgan fingerprint density at radius 3 is 2.71 bits per heavy atom. The number of benzene rings is 1. The molecular weight excluding hydrogens is 228 g/mol. The van der Waals surface area contributed by atoms with E-state index in [9.17, 15) is 13.6 Å². The number of hydrogen-bond acceptors (Lipinski definition) is 3. The zero-order valence-electron chi connectivity index (χ0n) is 9.03. The number of rotatable bonds is 6. The summed E-state index contributed by atoms with van der Waals surface area (Å²) in [5.41, 5.74) is 0.932. The highest BCUT2D eigenvalue weighted by molar-refractivity contribution is 5.52. The Morgan fingerprint density at radius 1 is 1.41 bits per heavy atom. The Morgan fingerprint density at radius 2 is 2.12 bits per heavy atom. The number of nitriles is 1. The molecule has 0 fully saturated rings. The van der Waals surface area contributed by atoms with Gasteiger partial charge in [-0.05, 0) is 12.0 Å². The Balaban J connectivity index is 3.05. The monoisotopic (exact) mass is 239 g/mol. The smallest absolute Gasteiger partial charge is 0.387 e. The van der Waals surface area contributed by atoms with Crippen LogP contribution in [0.25, 0.3) is 0 Å². The summed E-state index contributed by atoms with van der Waals surface area (Å²) in [4.78, 5) is 10.3. The molecule has 1 rings (SSSR count). The summed E-state index contributed by atoms with van der Waals surface area (Å²) in [5.74, 6) is 0.0194. The van der Waals surface area contributed by atoms with Crippen LogP contribution in [-0.4, -0.2) is 12.9 Å². The van der Waals surface area contributed by atoms with Gasteiger partial charge in [-0.3, -0.25) is 0 Å². The zero-order valence-corrected chi connectivity index (χ0v) is 9.03. The van der Waals surface area contributed by atoms with Gasteiger partial charge in [0.2, 0.25) is 0 Å². The SMILES string of the molecule is N#CCc1cccc(CCC=O)c1OC(F)F. The van der Waals surface area contributed by atoms with Crippen molar-refractivity contribution in [1.82, 2.24) is 0 Å². The van der Waals surface area contributed by atoms with Gasteiger partial charge in [0, 0.05) is 12.0 Å². The molecule has 5 heteroatoms. The van der Waals surface area contributed by atoms with Gasteiger partial charge in [0.25, 0.3) is 0 Å². The van der Waals surface area contributed by atoms with Crippen LogP contribution in [0.2, 0.25) is 0 Å². The highest BCUT2D eigenvalue weighted by atomic mass is 19.3. The molecule has 1 aromatic carbocycles. The van der Waals surface area contributed by atoms with E-state index in [0.717, 1.165) is 0 Å².